The zero-order chi connectivity index (χ0) is 17.9. The molecule has 0 saturated carbocycles. The van der Waals surface area contributed by atoms with E-state index in [0.717, 1.165) is 20.7 Å². The van der Waals surface area contributed by atoms with Gasteiger partial charge in [0, 0.05) is 20.8 Å². The third-order valence-corrected chi connectivity index (χ3v) is 5.31. The molecule has 0 spiro atoms. The van der Waals surface area contributed by atoms with Crippen LogP contribution in [-0.4, -0.2) is 10.9 Å². The molecule has 6 heteroatoms. The lowest BCUT2D eigenvalue weighted by molar-refractivity contribution is 0.0941. The van der Waals surface area contributed by atoms with E-state index in [9.17, 15) is 4.79 Å². The largest absolute Gasteiger partial charge is 0.467 e. The maximum atomic E-state index is 12.8. The molecule has 0 radical (unpaired) electrons. The second kappa shape index (κ2) is 7.32. The molecular weight excluding hydrogens is 368 g/mol. The minimum atomic E-state index is -0.172. The van der Waals surface area contributed by atoms with Crippen LogP contribution in [0.4, 0.5) is 0 Å². The third-order valence-electron chi connectivity index (χ3n) is 3.92. The number of hydrogen-bond acceptors (Lipinski definition) is 3. The molecule has 0 unspecified atom stereocenters. The van der Waals surface area contributed by atoms with E-state index in [4.69, 9.17) is 16.0 Å². The first-order chi connectivity index (χ1) is 12.7. The molecule has 1 amide bonds. The Bertz CT molecular complexity index is 1040. The summed E-state index contributed by atoms with van der Waals surface area (Å²) in [5.41, 5.74) is 1.46. The van der Waals surface area contributed by atoms with E-state index < -0.39 is 0 Å². The minimum Gasteiger partial charge on any atom is -0.467 e. The van der Waals surface area contributed by atoms with Crippen molar-refractivity contribution in [1.82, 2.24) is 10.3 Å². The third kappa shape index (κ3) is 3.49. The van der Waals surface area contributed by atoms with Crippen molar-refractivity contribution in [2.45, 2.75) is 16.3 Å². The van der Waals surface area contributed by atoms with Crippen molar-refractivity contribution in [3.05, 3.63) is 83.4 Å². The van der Waals surface area contributed by atoms with E-state index in [0.29, 0.717) is 23.0 Å². The van der Waals surface area contributed by atoms with Gasteiger partial charge in [-0.3, -0.25) is 4.79 Å². The molecule has 0 fully saturated rings. The first-order valence-corrected chi connectivity index (χ1v) is 9.25. The number of nitrogens with one attached hydrogen (secondary N) is 2. The summed E-state index contributed by atoms with van der Waals surface area (Å²) in [5, 5.41) is 4.59. The van der Waals surface area contributed by atoms with E-state index in [1.54, 1.807) is 12.3 Å². The number of fused-ring (bicyclic) bond motifs is 1. The van der Waals surface area contributed by atoms with E-state index in [1.165, 1.54) is 11.8 Å². The number of rotatable bonds is 5. The molecule has 26 heavy (non-hydrogen) atoms. The minimum absolute atomic E-state index is 0.172. The number of amides is 1. The first kappa shape index (κ1) is 16.8. The number of aromatic nitrogens is 1. The summed E-state index contributed by atoms with van der Waals surface area (Å²) < 4.78 is 5.27. The predicted molar refractivity (Wildman–Crippen MR) is 104 cm³/mol. The van der Waals surface area contributed by atoms with Gasteiger partial charge in [-0.25, -0.2) is 0 Å². The lowest BCUT2D eigenvalue weighted by Gasteiger charge is -2.06. The lowest BCUT2D eigenvalue weighted by atomic mass is 10.2. The zero-order valence-corrected chi connectivity index (χ0v) is 15.2. The molecule has 4 nitrogen and oxygen atoms in total. The second-order valence-corrected chi connectivity index (χ2v) is 7.21. The predicted octanol–water partition coefficient (Wildman–Crippen LogP) is 5.50. The molecule has 130 valence electrons. The molecule has 0 aliphatic heterocycles. The highest BCUT2D eigenvalue weighted by molar-refractivity contribution is 7.99. The van der Waals surface area contributed by atoms with Crippen LogP contribution in [0.1, 0.15) is 16.2 Å². The number of H-pyrrole nitrogens is 1. The van der Waals surface area contributed by atoms with Gasteiger partial charge in [-0.15, -0.1) is 0 Å². The fraction of sp³-hybridized carbons (Fsp3) is 0.0500. The van der Waals surface area contributed by atoms with Gasteiger partial charge in [0.15, 0.2) is 0 Å². The van der Waals surface area contributed by atoms with Gasteiger partial charge in [0.1, 0.15) is 11.5 Å². The van der Waals surface area contributed by atoms with Crippen LogP contribution in [0, 0.1) is 0 Å². The first-order valence-electron chi connectivity index (χ1n) is 8.05. The van der Waals surface area contributed by atoms with Gasteiger partial charge in [0.2, 0.25) is 0 Å². The van der Waals surface area contributed by atoms with Crippen molar-refractivity contribution in [3.63, 3.8) is 0 Å². The standard InChI is InChI=1S/C20H15ClN2O2S/c21-13-7-9-15(10-8-13)26-19-16-5-1-2-6-17(16)23-18(19)20(24)22-12-14-4-3-11-25-14/h1-11,23H,12H2,(H,22,24). The molecule has 2 N–H and O–H groups in total. The fourth-order valence-corrected chi connectivity index (χ4v) is 3.84. The summed E-state index contributed by atoms with van der Waals surface area (Å²) in [4.78, 5) is 17.9. The number of halogens is 1. The number of para-hydroxylation sites is 1. The van der Waals surface area contributed by atoms with Crippen LogP contribution in [-0.2, 0) is 6.54 Å². The van der Waals surface area contributed by atoms with Crippen LogP contribution in [0.15, 0.2) is 81.1 Å². The number of hydrogen-bond donors (Lipinski definition) is 2. The van der Waals surface area contributed by atoms with Crippen molar-refractivity contribution >= 4 is 40.2 Å². The van der Waals surface area contributed by atoms with Gasteiger partial charge in [0.05, 0.1) is 17.7 Å². The molecule has 2 aromatic carbocycles. The quantitative estimate of drug-likeness (QED) is 0.479. The number of aromatic amines is 1. The molecule has 0 bridgehead atoms. The maximum absolute atomic E-state index is 12.8. The van der Waals surface area contributed by atoms with Gasteiger partial charge < -0.3 is 14.7 Å². The summed E-state index contributed by atoms with van der Waals surface area (Å²) in [7, 11) is 0. The molecule has 4 aromatic rings. The smallest absolute Gasteiger partial charge is 0.269 e. The van der Waals surface area contributed by atoms with Crippen LogP contribution >= 0.6 is 23.4 Å². The fourth-order valence-electron chi connectivity index (χ4n) is 2.67. The molecule has 2 heterocycles. The van der Waals surface area contributed by atoms with E-state index >= 15 is 0 Å². The number of carbonyl (C=O) groups is 1. The summed E-state index contributed by atoms with van der Waals surface area (Å²) in [6.45, 7) is 0.340. The monoisotopic (exact) mass is 382 g/mol. The van der Waals surface area contributed by atoms with Crippen molar-refractivity contribution in [1.29, 1.82) is 0 Å². The Balaban J connectivity index is 1.66. The Kier molecular flexibility index (Phi) is 4.73. The molecule has 0 atom stereocenters. The van der Waals surface area contributed by atoms with Crippen LogP contribution in [0.2, 0.25) is 5.02 Å². The Morgan fingerprint density at radius 2 is 1.88 bits per heavy atom. The highest BCUT2D eigenvalue weighted by Crippen LogP contribution is 2.37. The number of carbonyl (C=O) groups excluding carboxylic acids is 1. The van der Waals surface area contributed by atoms with Gasteiger partial charge in [-0.05, 0) is 42.5 Å². The van der Waals surface area contributed by atoms with Gasteiger partial charge >= 0.3 is 0 Å². The van der Waals surface area contributed by atoms with Crippen LogP contribution in [0.25, 0.3) is 10.9 Å². The lowest BCUT2D eigenvalue weighted by Crippen LogP contribution is -2.23. The molecular formula is C20H15ClN2O2S. The average Bonchev–Trinajstić information content (AvgIpc) is 3.30. The summed E-state index contributed by atoms with van der Waals surface area (Å²) in [6.07, 6.45) is 1.59. The molecule has 2 aromatic heterocycles. The van der Waals surface area contributed by atoms with E-state index in [2.05, 4.69) is 10.3 Å². The van der Waals surface area contributed by atoms with Crippen LogP contribution < -0.4 is 5.32 Å². The van der Waals surface area contributed by atoms with Crippen LogP contribution in [0.3, 0.4) is 0 Å². The highest BCUT2D eigenvalue weighted by atomic mass is 35.5. The molecule has 0 saturated heterocycles. The van der Waals surface area contributed by atoms with E-state index in [1.807, 2.05) is 54.6 Å². The number of furan rings is 1. The second-order valence-electron chi connectivity index (χ2n) is 5.69. The SMILES string of the molecule is O=C(NCc1ccco1)c1[nH]c2ccccc2c1Sc1ccc(Cl)cc1. The van der Waals surface area contributed by atoms with Crippen molar-refractivity contribution < 1.29 is 9.21 Å². The maximum Gasteiger partial charge on any atom is 0.269 e. The Morgan fingerprint density at radius 3 is 2.65 bits per heavy atom. The summed E-state index contributed by atoms with van der Waals surface area (Å²) in [5.74, 6) is 0.537. The normalized spacial score (nSPS) is 11.0. The Labute approximate surface area is 159 Å². The van der Waals surface area contributed by atoms with Crippen LogP contribution in [0.5, 0.6) is 0 Å². The van der Waals surface area contributed by atoms with E-state index in [-0.39, 0.29) is 5.91 Å². The summed E-state index contributed by atoms with van der Waals surface area (Å²) in [6, 6.07) is 19.1. The zero-order valence-electron chi connectivity index (χ0n) is 13.7. The number of benzene rings is 2. The highest BCUT2D eigenvalue weighted by Gasteiger charge is 2.19. The van der Waals surface area contributed by atoms with Gasteiger partial charge in [-0.2, -0.15) is 0 Å². The average molecular weight is 383 g/mol. The van der Waals surface area contributed by atoms with Crippen molar-refractivity contribution in [2.75, 3.05) is 0 Å². The molecule has 0 aliphatic rings. The van der Waals surface area contributed by atoms with Gasteiger partial charge in [0.25, 0.3) is 5.91 Å². The van der Waals surface area contributed by atoms with Gasteiger partial charge in [-0.1, -0.05) is 41.6 Å². The Hall–Kier alpha value is -2.63. The topological polar surface area (TPSA) is 58.0 Å². The molecule has 0 aliphatic carbocycles. The Morgan fingerprint density at radius 1 is 1.08 bits per heavy atom. The van der Waals surface area contributed by atoms with Crippen molar-refractivity contribution in [2.24, 2.45) is 0 Å². The van der Waals surface area contributed by atoms with Crippen molar-refractivity contribution in [3.8, 4) is 0 Å². The molecule has 4 rings (SSSR count). The summed E-state index contributed by atoms with van der Waals surface area (Å²) >= 11 is 7.51.